The number of aldehydes is 1. The van der Waals surface area contributed by atoms with E-state index in [9.17, 15) is 4.79 Å². The van der Waals surface area contributed by atoms with Crippen LogP contribution >= 0.6 is 0 Å². The van der Waals surface area contributed by atoms with E-state index in [0.717, 1.165) is 12.8 Å². The first-order valence-electron chi connectivity index (χ1n) is 7.15. The van der Waals surface area contributed by atoms with E-state index >= 15 is 0 Å². The van der Waals surface area contributed by atoms with Crippen LogP contribution in [0.15, 0.2) is 0 Å². The van der Waals surface area contributed by atoms with Gasteiger partial charge in [0.25, 0.3) is 0 Å². The predicted octanol–water partition coefficient (Wildman–Crippen LogP) is 5.13. The van der Waals surface area contributed by atoms with Crippen molar-refractivity contribution in [3.05, 3.63) is 0 Å². The zero-order valence-electron chi connectivity index (χ0n) is 11.6. The summed E-state index contributed by atoms with van der Waals surface area (Å²) in [4.78, 5) is 11.2. The highest BCUT2D eigenvalue weighted by Crippen LogP contribution is 2.28. The summed E-state index contributed by atoms with van der Waals surface area (Å²) >= 11 is 0. The van der Waals surface area contributed by atoms with Gasteiger partial charge in [-0.1, -0.05) is 72.1 Å². The molecule has 0 saturated heterocycles. The predicted molar refractivity (Wildman–Crippen MR) is 71.7 cm³/mol. The Bertz CT molecular complexity index is 151. The van der Waals surface area contributed by atoms with Crippen LogP contribution in [0, 0.1) is 5.41 Å². The lowest BCUT2D eigenvalue weighted by atomic mass is 9.81. The van der Waals surface area contributed by atoms with Gasteiger partial charge in [0.05, 0.1) is 0 Å². The van der Waals surface area contributed by atoms with Crippen molar-refractivity contribution < 1.29 is 4.79 Å². The fourth-order valence-corrected chi connectivity index (χ4v) is 2.15. The second-order valence-electron chi connectivity index (χ2n) is 5.39. The third-order valence-electron chi connectivity index (χ3n) is 3.49. The highest BCUT2D eigenvalue weighted by molar-refractivity contribution is 5.58. The first-order chi connectivity index (χ1) is 7.68. The Labute approximate surface area is 102 Å². The summed E-state index contributed by atoms with van der Waals surface area (Å²) in [5, 5.41) is 0. The monoisotopic (exact) mass is 226 g/mol. The molecule has 0 aliphatic heterocycles. The van der Waals surface area contributed by atoms with Gasteiger partial charge in [-0.05, 0) is 12.8 Å². The Morgan fingerprint density at radius 2 is 1.25 bits per heavy atom. The molecule has 0 bridgehead atoms. The molecule has 0 atom stereocenters. The minimum absolute atomic E-state index is 0.0402. The minimum Gasteiger partial charge on any atom is -0.303 e. The highest BCUT2D eigenvalue weighted by atomic mass is 16.1. The van der Waals surface area contributed by atoms with Gasteiger partial charge in [-0.3, -0.25) is 0 Å². The molecule has 0 rings (SSSR count). The van der Waals surface area contributed by atoms with Crippen molar-refractivity contribution in [1.29, 1.82) is 0 Å². The summed E-state index contributed by atoms with van der Waals surface area (Å²) in [5.41, 5.74) is -0.0402. The smallest absolute Gasteiger partial charge is 0.125 e. The summed E-state index contributed by atoms with van der Waals surface area (Å²) in [6.45, 7) is 6.59. The van der Waals surface area contributed by atoms with Gasteiger partial charge in [0.2, 0.25) is 0 Å². The van der Waals surface area contributed by atoms with Gasteiger partial charge in [0.15, 0.2) is 0 Å². The van der Waals surface area contributed by atoms with Crippen LogP contribution in [-0.2, 0) is 4.79 Å². The number of carbonyl (C=O) groups is 1. The third kappa shape index (κ3) is 7.90. The normalized spacial score (nSPS) is 11.7. The SMILES string of the molecule is CCCCCCC(C)(C=O)CCCCCC. The van der Waals surface area contributed by atoms with Crippen LogP contribution in [0.5, 0.6) is 0 Å². The topological polar surface area (TPSA) is 17.1 Å². The molecule has 0 aromatic rings. The average Bonchev–Trinajstić information content (AvgIpc) is 2.31. The van der Waals surface area contributed by atoms with Crippen molar-refractivity contribution in [2.75, 3.05) is 0 Å². The lowest BCUT2D eigenvalue weighted by Gasteiger charge is -2.22. The van der Waals surface area contributed by atoms with Crippen LogP contribution < -0.4 is 0 Å². The van der Waals surface area contributed by atoms with Gasteiger partial charge >= 0.3 is 0 Å². The molecule has 1 nitrogen and oxygen atoms in total. The lowest BCUT2D eigenvalue weighted by molar-refractivity contribution is -0.116. The Hall–Kier alpha value is -0.330. The summed E-state index contributed by atoms with van der Waals surface area (Å²) in [7, 11) is 0. The molecule has 0 amide bonds. The third-order valence-corrected chi connectivity index (χ3v) is 3.49. The van der Waals surface area contributed by atoms with Crippen molar-refractivity contribution in [2.45, 2.75) is 85.0 Å². The molecular formula is C15H30O. The van der Waals surface area contributed by atoms with Crippen LogP contribution in [0.4, 0.5) is 0 Å². The Morgan fingerprint density at radius 1 is 0.812 bits per heavy atom. The fourth-order valence-electron chi connectivity index (χ4n) is 2.15. The number of rotatable bonds is 11. The second-order valence-corrected chi connectivity index (χ2v) is 5.39. The van der Waals surface area contributed by atoms with Gasteiger partial charge in [-0.25, -0.2) is 0 Å². The van der Waals surface area contributed by atoms with Crippen LogP contribution in [0.1, 0.15) is 85.0 Å². The molecule has 0 spiro atoms. The van der Waals surface area contributed by atoms with Crippen LogP contribution in [0.2, 0.25) is 0 Å². The maximum absolute atomic E-state index is 11.2. The summed E-state index contributed by atoms with van der Waals surface area (Å²) in [6.07, 6.45) is 13.5. The van der Waals surface area contributed by atoms with Gasteiger partial charge in [-0.15, -0.1) is 0 Å². The Kier molecular flexibility index (Phi) is 9.66. The molecule has 0 aliphatic rings. The van der Waals surface area contributed by atoms with E-state index in [2.05, 4.69) is 20.8 Å². The van der Waals surface area contributed by atoms with E-state index in [1.807, 2.05) is 0 Å². The van der Waals surface area contributed by atoms with Crippen molar-refractivity contribution in [1.82, 2.24) is 0 Å². The van der Waals surface area contributed by atoms with E-state index in [-0.39, 0.29) is 5.41 Å². The molecule has 0 radical (unpaired) electrons. The highest BCUT2D eigenvalue weighted by Gasteiger charge is 2.21. The van der Waals surface area contributed by atoms with Crippen molar-refractivity contribution in [3.63, 3.8) is 0 Å². The number of hydrogen-bond acceptors (Lipinski definition) is 1. The molecule has 16 heavy (non-hydrogen) atoms. The molecule has 0 saturated carbocycles. The van der Waals surface area contributed by atoms with E-state index in [4.69, 9.17) is 0 Å². The quantitative estimate of drug-likeness (QED) is 0.352. The van der Waals surface area contributed by atoms with Gasteiger partial charge in [0.1, 0.15) is 6.29 Å². The molecule has 0 aromatic heterocycles. The molecule has 0 heterocycles. The average molecular weight is 226 g/mol. The van der Waals surface area contributed by atoms with Gasteiger partial charge in [0, 0.05) is 5.41 Å². The zero-order chi connectivity index (χ0) is 12.3. The van der Waals surface area contributed by atoms with Crippen molar-refractivity contribution >= 4 is 6.29 Å². The van der Waals surface area contributed by atoms with Crippen LogP contribution in [0.3, 0.4) is 0 Å². The maximum Gasteiger partial charge on any atom is 0.125 e. The molecular weight excluding hydrogens is 196 g/mol. The second kappa shape index (κ2) is 9.86. The minimum atomic E-state index is -0.0402. The largest absolute Gasteiger partial charge is 0.303 e. The summed E-state index contributed by atoms with van der Waals surface area (Å²) in [5.74, 6) is 0. The van der Waals surface area contributed by atoms with Crippen LogP contribution in [0.25, 0.3) is 0 Å². The van der Waals surface area contributed by atoms with Gasteiger partial charge in [-0.2, -0.15) is 0 Å². The summed E-state index contributed by atoms with van der Waals surface area (Å²) in [6, 6.07) is 0. The first kappa shape index (κ1) is 15.7. The molecule has 0 aliphatic carbocycles. The summed E-state index contributed by atoms with van der Waals surface area (Å²) < 4.78 is 0. The Balaban J connectivity index is 3.68. The number of carbonyl (C=O) groups excluding carboxylic acids is 1. The molecule has 0 unspecified atom stereocenters. The van der Waals surface area contributed by atoms with Crippen molar-refractivity contribution in [3.8, 4) is 0 Å². The van der Waals surface area contributed by atoms with Crippen LogP contribution in [-0.4, -0.2) is 6.29 Å². The van der Waals surface area contributed by atoms with E-state index in [1.165, 1.54) is 57.7 Å². The van der Waals surface area contributed by atoms with E-state index < -0.39 is 0 Å². The van der Waals surface area contributed by atoms with Crippen molar-refractivity contribution in [2.24, 2.45) is 5.41 Å². The Morgan fingerprint density at radius 3 is 1.56 bits per heavy atom. The van der Waals surface area contributed by atoms with E-state index in [1.54, 1.807) is 0 Å². The van der Waals surface area contributed by atoms with Gasteiger partial charge < -0.3 is 4.79 Å². The number of hydrogen-bond donors (Lipinski definition) is 0. The van der Waals surface area contributed by atoms with E-state index in [0.29, 0.717) is 0 Å². The zero-order valence-corrected chi connectivity index (χ0v) is 11.6. The molecule has 0 N–H and O–H groups in total. The maximum atomic E-state index is 11.2. The number of unbranched alkanes of at least 4 members (excludes halogenated alkanes) is 6. The molecule has 1 heteroatoms. The standard InChI is InChI=1S/C15H30O/c1-4-6-8-10-12-15(3,14-16)13-11-9-7-5-2/h14H,4-13H2,1-3H3. The molecule has 96 valence electrons. The first-order valence-corrected chi connectivity index (χ1v) is 7.15. The lowest BCUT2D eigenvalue weighted by Crippen LogP contribution is -2.18. The molecule has 0 aromatic carbocycles. The molecule has 0 fully saturated rings. The fraction of sp³-hybridized carbons (Fsp3) is 0.933.